The fourth-order valence-electron chi connectivity index (χ4n) is 1.52. The van der Waals surface area contributed by atoms with Crippen molar-refractivity contribution in [2.45, 2.75) is 4.58 Å². The largest absolute Gasteiger partial charge is 0.492 e. The number of hydrogen-bond donors (Lipinski definition) is 2. The molecule has 2 rings (SSSR count). The lowest BCUT2D eigenvalue weighted by Crippen LogP contribution is -2.20. The Morgan fingerprint density at radius 1 is 1.32 bits per heavy atom. The van der Waals surface area contributed by atoms with Crippen LogP contribution < -0.4 is 15.8 Å². The maximum absolute atomic E-state index is 11.9. The Morgan fingerprint density at radius 3 is 2.53 bits per heavy atom. The van der Waals surface area contributed by atoms with Gasteiger partial charge in [-0.05, 0) is 24.3 Å². The number of rotatable bonds is 5. The van der Waals surface area contributed by atoms with Gasteiger partial charge in [0.05, 0.1) is 0 Å². The molecule has 0 unspecified atom stereocenters. The SMILES string of the molecule is Cl.NCCOc1ccc(NC(=O)C2SCCS2)cc1. The number of carbonyl (C=O) groups excluding carboxylic acids is 1. The number of amides is 1. The zero-order chi connectivity index (χ0) is 12.8. The van der Waals surface area contributed by atoms with Gasteiger partial charge in [0.25, 0.3) is 0 Å². The van der Waals surface area contributed by atoms with Crippen LogP contribution >= 0.6 is 35.9 Å². The summed E-state index contributed by atoms with van der Waals surface area (Å²) in [5, 5.41) is 2.91. The van der Waals surface area contributed by atoms with Crippen LogP contribution in [0.4, 0.5) is 5.69 Å². The van der Waals surface area contributed by atoms with Gasteiger partial charge in [-0.1, -0.05) is 0 Å². The summed E-state index contributed by atoms with van der Waals surface area (Å²) in [7, 11) is 0. The average Bonchev–Trinajstić information content (AvgIpc) is 2.92. The van der Waals surface area contributed by atoms with Crippen LogP contribution in [0.5, 0.6) is 5.75 Å². The summed E-state index contributed by atoms with van der Waals surface area (Å²) < 4.78 is 5.40. The predicted octanol–water partition coefficient (Wildman–Crippen LogP) is 2.19. The van der Waals surface area contributed by atoms with Crippen LogP contribution in [-0.4, -0.2) is 35.1 Å². The Bertz CT molecular complexity index is 397. The fourth-order valence-corrected chi connectivity index (χ4v) is 4.10. The van der Waals surface area contributed by atoms with E-state index in [4.69, 9.17) is 10.5 Å². The van der Waals surface area contributed by atoms with Gasteiger partial charge in [0, 0.05) is 23.7 Å². The van der Waals surface area contributed by atoms with E-state index < -0.39 is 0 Å². The van der Waals surface area contributed by atoms with Gasteiger partial charge in [0.2, 0.25) is 5.91 Å². The molecule has 1 aliphatic heterocycles. The lowest BCUT2D eigenvalue weighted by atomic mass is 10.3. The minimum Gasteiger partial charge on any atom is -0.492 e. The zero-order valence-corrected chi connectivity index (χ0v) is 12.8. The lowest BCUT2D eigenvalue weighted by Gasteiger charge is -2.10. The highest BCUT2D eigenvalue weighted by molar-refractivity contribution is 8.21. The molecule has 19 heavy (non-hydrogen) atoms. The van der Waals surface area contributed by atoms with Crippen LogP contribution in [0.1, 0.15) is 0 Å². The van der Waals surface area contributed by atoms with Gasteiger partial charge in [-0.3, -0.25) is 4.79 Å². The molecule has 4 nitrogen and oxygen atoms in total. The molecule has 0 atom stereocenters. The normalized spacial score (nSPS) is 14.8. The summed E-state index contributed by atoms with van der Waals surface area (Å²) in [6.07, 6.45) is 0. The molecule has 0 radical (unpaired) electrons. The van der Waals surface area contributed by atoms with Crippen LogP contribution in [0.2, 0.25) is 0 Å². The molecule has 0 saturated carbocycles. The minimum atomic E-state index is 0. The van der Waals surface area contributed by atoms with Crippen molar-refractivity contribution in [1.29, 1.82) is 0 Å². The van der Waals surface area contributed by atoms with E-state index in [1.807, 2.05) is 24.3 Å². The van der Waals surface area contributed by atoms with Crippen LogP contribution in [0.25, 0.3) is 0 Å². The second-order valence-electron chi connectivity index (χ2n) is 3.72. The van der Waals surface area contributed by atoms with Crippen molar-refractivity contribution < 1.29 is 9.53 Å². The number of hydrogen-bond acceptors (Lipinski definition) is 5. The van der Waals surface area contributed by atoms with E-state index in [9.17, 15) is 4.79 Å². The molecule has 0 bridgehead atoms. The molecular weight excluding hydrogens is 304 g/mol. The third kappa shape index (κ3) is 5.14. The molecule has 1 aromatic rings. The molecule has 1 amide bonds. The second kappa shape index (κ2) is 8.58. The van der Waals surface area contributed by atoms with Crippen LogP contribution in [0.3, 0.4) is 0 Å². The van der Waals surface area contributed by atoms with Crippen molar-refractivity contribution in [3.05, 3.63) is 24.3 Å². The Kier molecular flexibility index (Phi) is 7.45. The number of benzene rings is 1. The first-order valence-electron chi connectivity index (χ1n) is 5.76. The highest BCUT2D eigenvalue weighted by Crippen LogP contribution is 2.32. The molecule has 0 aromatic heterocycles. The smallest absolute Gasteiger partial charge is 0.247 e. The van der Waals surface area contributed by atoms with Gasteiger partial charge in [-0.15, -0.1) is 35.9 Å². The highest BCUT2D eigenvalue weighted by atomic mass is 35.5. The Morgan fingerprint density at radius 2 is 1.95 bits per heavy atom. The molecule has 0 spiro atoms. The van der Waals surface area contributed by atoms with Crippen molar-refractivity contribution in [2.24, 2.45) is 5.73 Å². The van der Waals surface area contributed by atoms with Gasteiger partial charge < -0.3 is 15.8 Å². The molecule has 3 N–H and O–H groups in total. The van der Waals surface area contributed by atoms with Gasteiger partial charge in [-0.2, -0.15) is 0 Å². The van der Waals surface area contributed by atoms with E-state index in [0.717, 1.165) is 22.9 Å². The molecule has 1 aliphatic rings. The molecule has 1 fully saturated rings. The monoisotopic (exact) mass is 320 g/mol. The molecule has 1 saturated heterocycles. The topological polar surface area (TPSA) is 64.3 Å². The minimum absolute atomic E-state index is 0. The first kappa shape index (κ1) is 16.5. The third-order valence-corrected chi connectivity index (χ3v) is 5.33. The summed E-state index contributed by atoms with van der Waals surface area (Å²) in [4.78, 5) is 11.9. The first-order valence-corrected chi connectivity index (χ1v) is 7.86. The fraction of sp³-hybridized carbons (Fsp3) is 0.417. The van der Waals surface area contributed by atoms with E-state index in [2.05, 4.69) is 5.32 Å². The Hall–Kier alpha value is -0.560. The summed E-state index contributed by atoms with van der Waals surface area (Å²) in [6.45, 7) is 0.996. The van der Waals surface area contributed by atoms with Crippen LogP contribution in [0, 0.1) is 0 Å². The number of thioether (sulfide) groups is 2. The highest BCUT2D eigenvalue weighted by Gasteiger charge is 2.23. The van der Waals surface area contributed by atoms with Crippen molar-refractivity contribution in [1.82, 2.24) is 0 Å². The maximum atomic E-state index is 11.9. The lowest BCUT2D eigenvalue weighted by molar-refractivity contribution is -0.114. The van der Waals surface area contributed by atoms with Crippen molar-refractivity contribution in [3.8, 4) is 5.75 Å². The van der Waals surface area contributed by atoms with Gasteiger partial charge in [-0.25, -0.2) is 0 Å². The van der Waals surface area contributed by atoms with Crippen molar-refractivity contribution in [2.75, 3.05) is 30.0 Å². The second-order valence-corrected chi connectivity index (χ2v) is 6.45. The predicted molar refractivity (Wildman–Crippen MR) is 85.6 cm³/mol. The van der Waals surface area contributed by atoms with Gasteiger partial charge in [0.15, 0.2) is 0 Å². The Labute approximate surface area is 127 Å². The zero-order valence-electron chi connectivity index (χ0n) is 10.3. The van der Waals surface area contributed by atoms with E-state index >= 15 is 0 Å². The standard InChI is InChI=1S/C12H16N2O2S2.ClH/c13-5-6-16-10-3-1-9(2-4-10)14-11(15)12-17-7-8-18-12;/h1-4,12H,5-8,13H2,(H,14,15);1H. The van der Waals surface area contributed by atoms with Crippen molar-refractivity contribution >= 4 is 47.5 Å². The number of halogens is 1. The summed E-state index contributed by atoms with van der Waals surface area (Å²) in [5.74, 6) is 2.93. The molecular formula is C12H17ClN2O2S2. The van der Waals surface area contributed by atoms with E-state index in [-0.39, 0.29) is 22.9 Å². The number of anilines is 1. The first-order chi connectivity index (χ1) is 8.79. The average molecular weight is 321 g/mol. The van der Waals surface area contributed by atoms with E-state index in [1.165, 1.54) is 0 Å². The van der Waals surface area contributed by atoms with Gasteiger partial charge in [0.1, 0.15) is 16.9 Å². The molecule has 0 aliphatic carbocycles. The van der Waals surface area contributed by atoms with Crippen LogP contribution in [0.15, 0.2) is 24.3 Å². The molecule has 1 heterocycles. The number of nitrogens with two attached hydrogens (primary N) is 1. The number of carbonyl (C=O) groups is 1. The quantitative estimate of drug-likeness (QED) is 0.870. The summed E-state index contributed by atoms with van der Waals surface area (Å²) in [6, 6.07) is 7.35. The summed E-state index contributed by atoms with van der Waals surface area (Å²) in [5.41, 5.74) is 6.15. The molecule has 1 aromatic carbocycles. The maximum Gasteiger partial charge on any atom is 0.247 e. The Balaban J connectivity index is 0.00000180. The van der Waals surface area contributed by atoms with Gasteiger partial charge >= 0.3 is 0 Å². The number of ether oxygens (including phenoxy) is 1. The van der Waals surface area contributed by atoms with Crippen molar-refractivity contribution in [3.63, 3.8) is 0 Å². The third-order valence-electron chi connectivity index (χ3n) is 2.34. The summed E-state index contributed by atoms with van der Waals surface area (Å²) >= 11 is 3.39. The van der Waals surface area contributed by atoms with E-state index in [0.29, 0.717) is 13.2 Å². The molecule has 106 valence electrons. The molecule has 7 heteroatoms. The van der Waals surface area contributed by atoms with Crippen LogP contribution in [-0.2, 0) is 4.79 Å². The van der Waals surface area contributed by atoms with E-state index in [1.54, 1.807) is 23.5 Å². The number of nitrogens with one attached hydrogen (secondary N) is 1.